The third-order valence-electron chi connectivity index (χ3n) is 5.08. The molecule has 144 valence electrons. The van der Waals surface area contributed by atoms with Gasteiger partial charge in [0.05, 0.1) is 6.10 Å². The van der Waals surface area contributed by atoms with Crippen LogP contribution >= 0.6 is 24.8 Å². The molecule has 1 amide bonds. The number of carbonyl (C=O) groups excluding carboxylic acids is 1. The number of ether oxygens (including phenoxy) is 1. The highest BCUT2D eigenvalue weighted by atomic mass is 35.5. The average Bonchev–Trinajstić information content (AvgIpc) is 2.93. The molecule has 5 nitrogen and oxygen atoms in total. The SMILES string of the molecule is CC1CC(C)CN(C(C)(C)CNC(=O)[C@@H]2CC[C@H](CN)O2)C1.Cl.Cl. The van der Waals surface area contributed by atoms with Gasteiger partial charge in [-0.25, -0.2) is 0 Å². The highest BCUT2D eigenvalue weighted by Gasteiger charge is 2.35. The molecule has 2 saturated heterocycles. The van der Waals surface area contributed by atoms with Crippen LogP contribution in [-0.4, -0.2) is 54.7 Å². The lowest BCUT2D eigenvalue weighted by atomic mass is 9.88. The molecule has 2 fully saturated rings. The first kappa shape index (κ1) is 23.9. The first-order valence-corrected chi connectivity index (χ1v) is 8.70. The van der Waals surface area contributed by atoms with Crippen LogP contribution in [0.4, 0.5) is 0 Å². The fraction of sp³-hybridized carbons (Fsp3) is 0.941. The van der Waals surface area contributed by atoms with Gasteiger partial charge in [0.1, 0.15) is 6.10 Å². The number of carbonyl (C=O) groups is 1. The number of rotatable bonds is 5. The number of piperidine rings is 1. The van der Waals surface area contributed by atoms with Crippen molar-refractivity contribution in [3.8, 4) is 0 Å². The van der Waals surface area contributed by atoms with Crippen molar-refractivity contribution in [1.29, 1.82) is 0 Å². The Bertz CT molecular complexity index is 386. The van der Waals surface area contributed by atoms with Crippen LogP contribution in [-0.2, 0) is 9.53 Å². The lowest BCUT2D eigenvalue weighted by molar-refractivity contribution is -0.132. The lowest BCUT2D eigenvalue weighted by Gasteiger charge is -2.45. The molecular formula is C17H35Cl2N3O2. The van der Waals surface area contributed by atoms with Crippen molar-refractivity contribution in [3.63, 3.8) is 0 Å². The van der Waals surface area contributed by atoms with Crippen LogP contribution in [0.2, 0.25) is 0 Å². The Balaban J connectivity index is 0.00000264. The summed E-state index contributed by atoms with van der Waals surface area (Å²) in [5.41, 5.74) is 5.58. The van der Waals surface area contributed by atoms with E-state index in [0.717, 1.165) is 37.8 Å². The highest BCUT2D eigenvalue weighted by molar-refractivity contribution is 5.85. The van der Waals surface area contributed by atoms with Crippen LogP contribution in [0, 0.1) is 11.8 Å². The maximum atomic E-state index is 12.3. The topological polar surface area (TPSA) is 67.6 Å². The predicted molar refractivity (Wildman–Crippen MR) is 103 cm³/mol. The molecule has 2 heterocycles. The van der Waals surface area contributed by atoms with Crippen molar-refractivity contribution in [2.24, 2.45) is 17.6 Å². The molecule has 4 atom stereocenters. The van der Waals surface area contributed by atoms with Crippen LogP contribution in [0.5, 0.6) is 0 Å². The summed E-state index contributed by atoms with van der Waals surface area (Å²) in [6.07, 6.45) is 2.71. The summed E-state index contributed by atoms with van der Waals surface area (Å²) in [6.45, 7) is 12.5. The van der Waals surface area contributed by atoms with E-state index in [1.165, 1.54) is 6.42 Å². The number of nitrogens with zero attached hydrogens (tertiary/aromatic N) is 1. The lowest BCUT2D eigenvalue weighted by Crippen LogP contribution is -2.56. The van der Waals surface area contributed by atoms with Crippen LogP contribution in [0.15, 0.2) is 0 Å². The van der Waals surface area contributed by atoms with Gasteiger partial charge in [0.2, 0.25) is 5.91 Å². The van der Waals surface area contributed by atoms with E-state index in [2.05, 4.69) is 37.9 Å². The number of halogens is 2. The van der Waals surface area contributed by atoms with E-state index in [-0.39, 0.29) is 48.5 Å². The summed E-state index contributed by atoms with van der Waals surface area (Å²) in [4.78, 5) is 14.8. The second kappa shape index (κ2) is 10.2. The van der Waals surface area contributed by atoms with Crippen LogP contribution in [0.1, 0.15) is 47.0 Å². The zero-order valence-electron chi connectivity index (χ0n) is 15.4. The van der Waals surface area contributed by atoms with Gasteiger partial charge in [0, 0.05) is 31.7 Å². The molecule has 0 saturated carbocycles. The minimum atomic E-state index is -0.316. The number of amides is 1. The molecule has 7 heteroatoms. The van der Waals surface area contributed by atoms with Gasteiger partial charge in [0.15, 0.2) is 0 Å². The van der Waals surface area contributed by atoms with Crippen molar-refractivity contribution in [2.45, 2.75) is 64.7 Å². The molecule has 3 N–H and O–H groups in total. The monoisotopic (exact) mass is 383 g/mol. The number of nitrogens with one attached hydrogen (secondary N) is 1. The van der Waals surface area contributed by atoms with E-state index in [1.54, 1.807) is 0 Å². The molecule has 0 aromatic rings. The van der Waals surface area contributed by atoms with Gasteiger partial charge in [-0.15, -0.1) is 24.8 Å². The third-order valence-corrected chi connectivity index (χ3v) is 5.08. The molecular weight excluding hydrogens is 349 g/mol. The van der Waals surface area contributed by atoms with Crippen molar-refractivity contribution in [3.05, 3.63) is 0 Å². The van der Waals surface area contributed by atoms with E-state index in [4.69, 9.17) is 10.5 Å². The minimum Gasteiger partial charge on any atom is -0.364 e. The maximum Gasteiger partial charge on any atom is 0.249 e. The van der Waals surface area contributed by atoms with Gasteiger partial charge in [-0.05, 0) is 44.9 Å². The number of nitrogens with two attached hydrogens (primary N) is 1. The highest BCUT2D eigenvalue weighted by Crippen LogP contribution is 2.27. The third kappa shape index (κ3) is 6.34. The van der Waals surface area contributed by atoms with Gasteiger partial charge < -0.3 is 15.8 Å². The predicted octanol–water partition coefficient (Wildman–Crippen LogP) is 2.21. The molecule has 2 aliphatic heterocycles. The molecule has 0 aliphatic carbocycles. The second-order valence-electron chi connectivity index (χ2n) is 7.94. The zero-order chi connectivity index (χ0) is 16.3. The normalized spacial score (nSPS) is 31.0. The van der Waals surface area contributed by atoms with Crippen molar-refractivity contribution in [2.75, 3.05) is 26.2 Å². The average molecular weight is 384 g/mol. The molecule has 2 unspecified atom stereocenters. The van der Waals surface area contributed by atoms with E-state index < -0.39 is 0 Å². The summed E-state index contributed by atoms with van der Waals surface area (Å²) in [7, 11) is 0. The molecule has 0 spiro atoms. The maximum absolute atomic E-state index is 12.3. The van der Waals surface area contributed by atoms with E-state index in [0.29, 0.717) is 13.1 Å². The van der Waals surface area contributed by atoms with Gasteiger partial charge >= 0.3 is 0 Å². The van der Waals surface area contributed by atoms with Gasteiger partial charge in [-0.1, -0.05) is 13.8 Å². The molecule has 0 radical (unpaired) electrons. The first-order chi connectivity index (χ1) is 10.3. The summed E-state index contributed by atoms with van der Waals surface area (Å²) in [5, 5.41) is 3.09. The fourth-order valence-corrected chi connectivity index (χ4v) is 3.76. The largest absolute Gasteiger partial charge is 0.364 e. The van der Waals surface area contributed by atoms with E-state index in [9.17, 15) is 4.79 Å². The molecule has 24 heavy (non-hydrogen) atoms. The van der Waals surface area contributed by atoms with Gasteiger partial charge in [-0.2, -0.15) is 0 Å². The Hall–Kier alpha value is -0.0700. The Morgan fingerprint density at radius 1 is 1.21 bits per heavy atom. The Morgan fingerprint density at radius 2 is 1.79 bits per heavy atom. The summed E-state index contributed by atoms with van der Waals surface area (Å²) in [6, 6.07) is 0. The molecule has 0 bridgehead atoms. The van der Waals surface area contributed by atoms with Gasteiger partial charge in [-0.3, -0.25) is 9.69 Å². The van der Waals surface area contributed by atoms with E-state index >= 15 is 0 Å². The van der Waals surface area contributed by atoms with Crippen molar-refractivity contribution >= 4 is 30.7 Å². The number of likely N-dealkylation sites (tertiary alicyclic amines) is 1. The quantitative estimate of drug-likeness (QED) is 0.763. The van der Waals surface area contributed by atoms with E-state index in [1.807, 2.05) is 0 Å². The standard InChI is InChI=1S/C17H33N3O2.2ClH/c1-12-7-13(2)10-20(9-12)17(3,4)11-19-16(21)15-6-5-14(8-18)22-15;;/h12-15H,5-11,18H2,1-4H3,(H,19,21);2*1H/t12?,13?,14-,15+;;/m1../s1. The Morgan fingerprint density at radius 3 is 2.29 bits per heavy atom. The zero-order valence-corrected chi connectivity index (χ0v) is 17.0. The molecule has 2 aliphatic rings. The summed E-state index contributed by atoms with van der Waals surface area (Å²) < 4.78 is 5.67. The summed E-state index contributed by atoms with van der Waals surface area (Å²) in [5.74, 6) is 1.46. The minimum absolute atomic E-state index is 0. The second-order valence-corrected chi connectivity index (χ2v) is 7.94. The number of hydrogen-bond acceptors (Lipinski definition) is 4. The summed E-state index contributed by atoms with van der Waals surface area (Å²) >= 11 is 0. The van der Waals surface area contributed by atoms with Gasteiger partial charge in [0.25, 0.3) is 0 Å². The fourth-order valence-electron chi connectivity index (χ4n) is 3.76. The first-order valence-electron chi connectivity index (χ1n) is 8.70. The van der Waals surface area contributed by atoms with Crippen LogP contribution < -0.4 is 11.1 Å². The molecule has 0 aromatic heterocycles. The molecule has 0 aromatic carbocycles. The Kier molecular flexibility index (Phi) is 10.1. The molecule has 2 rings (SSSR count). The number of hydrogen-bond donors (Lipinski definition) is 2. The Labute approximate surface area is 159 Å². The van der Waals surface area contributed by atoms with Crippen molar-refractivity contribution in [1.82, 2.24) is 10.2 Å². The van der Waals surface area contributed by atoms with Crippen LogP contribution in [0.25, 0.3) is 0 Å². The van der Waals surface area contributed by atoms with Crippen LogP contribution in [0.3, 0.4) is 0 Å². The smallest absolute Gasteiger partial charge is 0.249 e. The van der Waals surface area contributed by atoms with Crippen molar-refractivity contribution < 1.29 is 9.53 Å².